The van der Waals surface area contributed by atoms with Crippen LogP contribution in [-0.2, 0) is 11.4 Å². The summed E-state index contributed by atoms with van der Waals surface area (Å²) < 4.78 is 55.8. The van der Waals surface area contributed by atoms with E-state index in [1.54, 1.807) is 25.1 Å². The van der Waals surface area contributed by atoms with Crippen LogP contribution >= 0.6 is 0 Å². The van der Waals surface area contributed by atoms with Crippen molar-refractivity contribution in [2.45, 2.75) is 59.0 Å². The molecule has 0 fully saturated rings. The predicted molar refractivity (Wildman–Crippen MR) is 145 cm³/mol. The maximum absolute atomic E-state index is 15.3. The Balaban J connectivity index is 1.71. The summed E-state index contributed by atoms with van der Waals surface area (Å²) in [5, 5.41) is 9.18. The molecule has 3 aromatic rings. The van der Waals surface area contributed by atoms with Gasteiger partial charge in [0, 0.05) is 11.6 Å². The van der Waals surface area contributed by atoms with Gasteiger partial charge in [0.15, 0.2) is 11.6 Å². The zero-order chi connectivity index (χ0) is 28.3. The number of methoxy groups -OCH3 is 1. The summed E-state index contributed by atoms with van der Waals surface area (Å²) in [6.07, 6.45) is 4.04. The summed E-state index contributed by atoms with van der Waals surface area (Å²) in [4.78, 5) is 11.2. The number of aliphatic carboxylic acids is 1. The van der Waals surface area contributed by atoms with Gasteiger partial charge in [0.25, 0.3) is 0 Å². The van der Waals surface area contributed by atoms with Crippen molar-refractivity contribution in [2.75, 3.05) is 7.11 Å². The molecular weight excluding hydrogens is 505 g/mol. The second-order valence-electron chi connectivity index (χ2n) is 10.6. The molecule has 0 radical (unpaired) electrons. The number of carboxylic acid groups (broad SMARTS) is 1. The van der Waals surface area contributed by atoms with Crippen molar-refractivity contribution >= 4 is 11.5 Å². The monoisotopic (exact) mass is 538 g/mol. The topological polar surface area (TPSA) is 55.8 Å². The molecule has 0 saturated carbocycles. The number of carbonyl (C=O) groups is 1. The van der Waals surface area contributed by atoms with Crippen molar-refractivity contribution in [1.82, 2.24) is 0 Å². The lowest BCUT2D eigenvalue weighted by atomic mass is 9.79. The van der Waals surface area contributed by atoms with Gasteiger partial charge in [0.2, 0.25) is 0 Å². The van der Waals surface area contributed by atoms with E-state index in [-0.39, 0.29) is 35.6 Å². The van der Waals surface area contributed by atoms with Gasteiger partial charge in [-0.15, -0.1) is 0 Å². The van der Waals surface area contributed by atoms with Gasteiger partial charge in [0.05, 0.1) is 13.5 Å². The first-order chi connectivity index (χ1) is 18.5. The summed E-state index contributed by atoms with van der Waals surface area (Å²) in [5.41, 5.74) is 3.59. The molecule has 1 aliphatic rings. The Kier molecular flexibility index (Phi) is 8.38. The lowest BCUT2D eigenvalue weighted by Gasteiger charge is -2.25. The lowest BCUT2D eigenvalue weighted by molar-refractivity contribution is -0.137. The van der Waals surface area contributed by atoms with Gasteiger partial charge in [0.1, 0.15) is 24.0 Å². The van der Waals surface area contributed by atoms with Crippen molar-refractivity contribution in [2.24, 2.45) is 5.41 Å². The van der Waals surface area contributed by atoms with Crippen molar-refractivity contribution in [3.05, 3.63) is 88.7 Å². The van der Waals surface area contributed by atoms with Gasteiger partial charge in [-0.1, -0.05) is 39.0 Å². The third kappa shape index (κ3) is 6.13. The minimum absolute atomic E-state index is 0.0164. The van der Waals surface area contributed by atoms with Crippen molar-refractivity contribution in [1.29, 1.82) is 0 Å². The third-order valence-corrected chi connectivity index (χ3v) is 7.46. The first-order valence-electron chi connectivity index (χ1n) is 13.1. The van der Waals surface area contributed by atoms with Crippen LogP contribution in [0.5, 0.6) is 11.5 Å². The van der Waals surface area contributed by atoms with E-state index in [0.29, 0.717) is 28.9 Å². The molecule has 4 nitrogen and oxygen atoms in total. The molecule has 7 heteroatoms. The normalized spacial score (nSPS) is 15.1. The molecule has 3 aromatic carbocycles. The van der Waals surface area contributed by atoms with Crippen molar-refractivity contribution in [3.63, 3.8) is 0 Å². The number of hydrogen-bond donors (Lipinski definition) is 1. The zero-order valence-electron chi connectivity index (χ0n) is 22.6. The molecule has 1 atom stereocenters. The number of allylic oxidation sites excluding steroid dienone is 2. The van der Waals surface area contributed by atoms with Crippen LogP contribution in [0, 0.1) is 22.9 Å². The van der Waals surface area contributed by atoms with E-state index in [1.165, 1.54) is 13.2 Å². The highest BCUT2D eigenvalue weighted by atomic mass is 19.1. The fourth-order valence-corrected chi connectivity index (χ4v) is 5.27. The molecule has 39 heavy (non-hydrogen) atoms. The minimum atomic E-state index is -1.09. The Labute approximate surface area is 227 Å². The number of halogens is 3. The second kappa shape index (κ2) is 11.6. The van der Waals surface area contributed by atoms with E-state index < -0.39 is 23.5 Å². The number of carboxylic acids is 1. The largest absolute Gasteiger partial charge is 0.497 e. The molecule has 0 spiro atoms. The molecule has 0 unspecified atom stereocenters. The van der Waals surface area contributed by atoms with Crippen LogP contribution in [0.3, 0.4) is 0 Å². The Bertz CT molecular complexity index is 1410. The molecule has 0 saturated heterocycles. The first-order valence-corrected chi connectivity index (χ1v) is 13.1. The van der Waals surface area contributed by atoms with E-state index in [0.717, 1.165) is 36.1 Å². The van der Waals surface area contributed by atoms with Crippen LogP contribution in [0.2, 0.25) is 0 Å². The minimum Gasteiger partial charge on any atom is -0.497 e. The summed E-state index contributed by atoms with van der Waals surface area (Å²) in [5.74, 6) is -3.35. The van der Waals surface area contributed by atoms with E-state index >= 15 is 8.78 Å². The molecule has 4 rings (SSSR count). The molecule has 0 aromatic heterocycles. The highest BCUT2D eigenvalue weighted by Gasteiger charge is 2.30. The SMILES string of the molecule is CC[C@H](CC(=O)O)c1cc(F)cc(OCc2ccc(-c3cc(OC)ccc3F)c(C3=CCCC3(C)C)c2)c1F. The fraction of sp³-hybridized carbons (Fsp3) is 0.344. The third-order valence-electron chi connectivity index (χ3n) is 7.46. The summed E-state index contributed by atoms with van der Waals surface area (Å²) in [6.45, 7) is 5.96. The highest BCUT2D eigenvalue weighted by Crippen LogP contribution is 2.47. The Hall–Kier alpha value is -3.74. The van der Waals surface area contributed by atoms with Crippen LogP contribution in [0.15, 0.2) is 54.6 Å². The molecule has 0 amide bonds. The van der Waals surface area contributed by atoms with Crippen LogP contribution in [0.4, 0.5) is 13.2 Å². The molecular formula is C32H33F3O4. The molecule has 1 aliphatic carbocycles. The molecule has 1 N–H and O–H groups in total. The Morgan fingerprint density at radius 1 is 1.03 bits per heavy atom. The molecule has 0 bridgehead atoms. The van der Waals surface area contributed by atoms with Gasteiger partial charge in [-0.25, -0.2) is 13.2 Å². The molecule has 0 aliphatic heterocycles. The van der Waals surface area contributed by atoms with Crippen LogP contribution < -0.4 is 9.47 Å². The van der Waals surface area contributed by atoms with E-state index in [2.05, 4.69) is 19.9 Å². The number of ether oxygens (including phenoxy) is 2. The maximum atomic E-state index is 15.3. The van der Waals surface area contributed by atoms with E-state index in [9.17, 15) is 14.3 Å². The smallest absolute Gasteiger partial charge is 0.303 e. The molecule has 0 heterocycles. The lowest BCUT2D eigenvalue weighted by Crippen LogP contribution is -2.11. The number of benzene rings is 3. The second-order valence-corrected chi connectivity index (χ2v) is 10.6. The zero-order valence-corrected chi connectivity index (χ0v) is 22.6. The summed E-state index contributed by atoms with van der Waals surface area (Å²) in [6, 6.07) is 12.1. The summed E-state index contributed by atoms with van der Waals surface area (Å²) in [7, 11) is 1.53. The van der Waals surface area contributed by atoms with Gasteiger partial charge in [-0.05, 0) is 88.8 Å². The maximum Gasteiger partial charge on any atom is 0.303 e. The quantitative estimate of drug-likeness (QED) is 0.281. The van der Waals surface area contributed by atoms with Gasteiger partial charge >= 0.3 is 5.97 Å². The predicted octanol–water partition coefficient (Wildman–Crippen LogP) is 8.53. The van der Waals surface area contributed by atoms with Crippen LogP contribution in [-0.4, -0.2) is 18.2 Å². The highest BCUT2D eigenvalue weighted by molar-refractivity contribution is 5.85. The van der Waals surface area contributed by atoms with E-state index in [4.69, 9.17) is 9.47 Å². The van der Waals surface area contributed by atoms with Crippen LogP contribution in [0.1, 0.15) is 69.1 Å². The summed E-state index contributed by atoms with van der Waals surface area (Å²) >= 11 is 0. The average molecular weight is 539 g/mol. The van der Waals surface area contributed by atoms with Crippen LogP contribution in [0.25, 0.3) is 16.7 Å². The van der Waals surface area contributed by atoms with E-state index in [1.807, 2.05) is 12.1 Å². The average Bonchev–Trinajstić information content (AvgIpc) is 3.26. The molecule has 206 valence electrons. The number of rotatable bonds is 10. The van der Waals surface area contributed by atoms with Crippen molar-refractivity contribution < 1.29 is 32.5 Å². The van der Waals surface area contributed by atoms with Crippen molar-refractivity contribution in [3.8, 4) is 22.6 Å². The van der Waals surface area contributed by atoms with Gasteiger partial charge in [-0.3, -0.25) is 4.79 Å². The standard InChI is InChI=1S/C32H33F3O4/c1-5-20(14-30(36)37)24-15-21(33)16-29(31(24)35)39-18-19-8-10-23(26-17-22(38-4)9-11-28(26)34)25(13-19)27-7-6-12-32(27,2)3/h7-11,13,15-17,20H,5-6,12,14,18H2,1-4H3,(H,36,37)/t20-/m1/s1. The van der Waals surface area contributed by atoms with Gasteiger partial charge < -0.3 is 14.6 Å². The van der Waals surface area contributed by atoms with Gasteiger partial charge in [-0.2, -0.15) is 0 Å². The Morgan fingerprint density at radius 3 is 2.44 bits per heavy atom. The Morgan fingerprint density at radius 2 is 1.79 bits per heavy atom. The fourth-order valence-electron chi connectivity index (χ4n) is 5.27. The first kappa shape index (κ1) is 28.3. The number of hydrogen-bond acceptors (Lipinski definition) is 3.